The van der Waals surface area contributed by atoms with Crippen molar-refractivity contribution in [2.24, 2.45) is 23.0 Å². The third-order valence-corrected chi connectivity index (χ3v) is 8.32. The summed E-state index contributed by atoms with van der Waals surface area (Å²) >= 11 is 0. The Morgan fingerprint density at radius 2 is 1.77 bits per heavy atom. The number of primary amides is 1. The van der Waals surface area contributed by atoms with Gasteiger partial charge in [0.05, 0.1) is 18.2 Å². The van der Waals surface area contributed by atoms with Crippen LogP contribution in [0.15, 0.2) is 28.7 Å². The zero-order valence-corrected chi connectivity index (χ0v) is 25.4. The molecular formula is C30H40N4O9. The molecule has 0 spiro atoms. The molecule has 3 aliphatic rings. The van der Waals surface area contributed by atoms with E-state index in [0.717, 1.165) is 0 Å². The highest BCUT2D eigenvalue weighted by atomic mass is 16.5. The van der Waals surface area contributed by atoms with Gasteiger partial charge in [0.1, 0.15) is 22.8 Å². The lowest BCUT2D eigenvalue weighted by atomic mass is 9.58. The first-order valence-corrected chi connectivity index (χ1v) is 13.9. The van der Waals surface area contributed by atoms with Gasteiger partial charge in [-0.3, -0.25) is 19.3 Å². The maximum atomic E-state index is 14.1. The Kier molecular flexibility index (Phi) is 8.05. The second-order valence-corrected chi connectivity index (χ2v) is 13.1. The van der Waals surface area contributed by atoms with Gasteiger partial charge < -0.3 is 41.1 Å². The number of Topliss-reactive ketones (excluding diaryl/α,β-unsaturated/α-hetero) is 2. The number of aromatic hydroxyl groups is 1. The molecule has 1 unspecified atom stereocenters. The largest absolute Gasteiger partial charge is 0.510 e. The predicted molar refractivity (Wildman–Crippen MR) is 156 cm³/mol. The van der Waals surface area contributed by atoms with Gasteiger partial charge in [0.2, 0.25) is 5.78 Å². The highest BCUT2D eigenvalue weighted by Gasteiger charge is 2.63. The van der Waals surface area contributed by atoms with E-state index < -0.39 is 69.9 Å². The number of allylic oxidation sites excluding steroid dienone is 1. The van der Waals surface area contributed by atoms with Gasteiger partial charge in [0, 0.05) is 43.4 Å². The number of hydrogen-bond acceptors (Lipinski definition) is 11. The standard InChI is InChI=1S/C30H40N4O9/c1-29(2,3)12-43-28(41)32-11-14-10-17(33(4)5)15-8-13-9-16-21(34(6)7)24(37)20(27(31)40)26(39)30(16,42)25(38)18(13)23(36)19(15)22(14)35/h10,13,16,21,35,37-38,42H,8-9,11-12H2,1-7H3,(H2,31,40)(H,32,41)/t13-,16-,21?,30-/m0/s1. The number of ether oxygens (including phenoxy) is 1. The zero-order chi connectivity index (χ0) is 32.3. The van der Waals surface area contributed by atoms with Crippen molar-refractivity contribution < 1.29 is 44.3 Å². The number of hydrogen-bond donors (Lipinski definition) is 6. The second-order valence-electron chi connectivity index (χ2n) is 13.1. The molecule has 0 heterocycles. The number of aliphatic hydroxyl groups is 3. The molecule has 43 heavy (non-hydrogen) atoms. The van der Waals surface area contributed by atoms with Crippen molar-refractivity contribution >= 4 is 29.3 Å². The maximum absolute atomic E-state index is 14.1. The SMILES string of the molecule is CN(C)c1cc(CNC(=O)OCC(C)(C)C)c(O)c2c1C[C@H]1C[C@H]3C(N(C)C)C(O)=C(C(N)=O)C(=O)[C@@]3(O)C(O)=C1C2=O. The van der Waals surface area contributed by atoms with Crippen molar-refractivity contribution in [3.63, 3.8) is 0 Å². The van der Waals surface area contributed by atoms with Crippen molar-refractivity contribution in [1.29, 1.82) is 0 Å². The van der Waals surface area contributed by atoms with Crippen molar-refractivity contribution in [1.82, 2.24) is 10.2 Å². The van der Waals surface area contributed by atoms with E-state index in [-0.39, 0.29) is 48.1 Å². The molecule has 4 rings (SSSR count). The van der Waals surface area contributed by atoms with E-state index in [0.29, 0.717) is 11.3 Å². The third-order valence-electron chi connectivity index (χ3n) is 8.32. The normalized spacial score (nSPS) is 25.3. The summed E-state index contributed by atoms with van der Waals surface area (Å²) in [6, 6.07) is 0.582. The second kappa shape index (κ2) is 10.9. The number of amides is 2. The molecule has 13 heteroatoms. The summed E-state index contributed by atoms with van der Waals surface area (Å²) in [5, 5.41) is 48.1. The van der Waals surface area contributed by atoms with E-state index in [9.17, 15) is 39.6 Å². The number of nitrogens with zero attached hydrogens (tertiary/aromatic N) is 2. The average molecular weight is 601 g/mol. The van der Waals surface area contributed by atoms with Crippen LogP contribution in [-0.4, -0.2) is 95.3 Å². The molecule has 7 N–H and O–H groups in total. The van der Waals surface area contributed by atoms with Crippen molar-refractivity contribution in [3.8, 4) is 5.75 Å². The first kappa shape index (κ1) is 31.8. The van der Waals surface area contributed by atoms with E-state index >= 15 is 0 Å². The van der Waals surface area contributed by atoms with Gasteiger partial charge >= 0.3 is 6.09 Å². The van der Waals surface area contributed by atoms with Gasteiger partial charge in [-0.1, -0.05) is 20.8 Å². The molecule has 0 bridgehead atoms. The topological polar surface area (TPSA) is 203 Å². The Morgan fingerprint density at radius 3 is 2.30 bits per heavy atom. The van der Waals surface area contributed by atoms with Crippen LogP contribution < -0.4 is 16.0 Å². The average Bonchev–Trinajstić information content (AvgIpc) is 2.88. The first-order chi connectivity index (χ1) is 19.8. The molecule has 3 aliphatic carbocycles. The van der Waals surface area contributed by atoms with Gasteiger partial charge in [-0.25, -0.2) is 4.79 Å². The number of phenolic OH excluding ortho intramolecular Hbond substituents is 1. The number of alkyl carbamates (subject to hydrolysis) is 1. The van der Waals surface area contributed by atoms with Crippen LogP contribution in [0.2, 0.25) is 0 Å². The molecular weight excluding hydrogens is 560 g/mol. The summed E-state index contributed by atoms with van der Waals surface area (Å²) in [6.45, 7) is 5.70. The Labute approximate surface area is 249 Å². The highest BCUT2D eigenvalue weighted by Crippen LogP contribution is 2.53. The fraction of sp³-hybridized carbons (Fsp3) is 0.533. The van der Waals surface area contributed by atoms with Gasteiger partial charge in [0.15, 0.2) is 11.4 Å². The molecule has 4 atom stereocenters. The molecule has 0 saturated carbocycles. The number of aliphatic hydroxyl groups excluding tert-OH is 2. The van der Waals surface area contributed by atoms with Crippen LogP contribution in [-0.2, 0) is 27.3 Å². The lowest BCUT2D eigenvalue weighted by molar-refractivity contribution is -0.148. The number of carbonyl (C=O) groups excluding carboxylic acids is 4. The molecule has 0 fully saturated rings. The molecule has 0 aliphatic heterocycles. The first-order valence-electron chi connectivity index (χ1n) is 13.9. The number of anilines is 1. The predicted octanol–water partition coefficient (Wildman–Crippen LogP) is 1.46. The van der Waals surface area contributed by atoms with E-state index in [4.69, 9.17) is 10.5 Å². The van der Waals surface area contributed by atoms with Crippen LogP contribution in [0.5, 0.6) is 5.75 Å². The number of fused-ring (bicyclic) bond motifs is 3. The van der Waals surface area contributed by atoms with Crippen molar-refractivity contribution in [3.05, 3.63) is 45.4 Å². The van der Waals surface area contributed by atoms with E-state index in [1.54, 1.807) is 39.2 Å². The number of ketones is 2. The van der Waals surface area contributed by atoms with Gasteiger partial charge in [0.25, 0.3) is 5.91 Å². The fourth-order valence-electron chi connectivity index (χ4n) is 6.39. The lowest BCUT2D eigenvalue weighted by Crippen LogP contribution is -2.63. The summed E-state index contributed by atoms with van der Waals surface area (Å²) < 4.78 is 5.23. The number of benzene rings is 1. The van der Waals surface area contributed by atoms with Crippen LogP contribution >= 0.6 is 0 Å². The van der Waals surface area contributed by atoms with Crippen LogP contribution in [0.25, 0.3) is 0 Å². The lowest BCUT2D eigenvalue weighted by Gasteiger charge is -2.50. The Balaban J connectivity index is 1.82. The quantitative estimate of drug-likeness (QED) is 0.258. The number of phenols is 1. The zero-order valence-electron chi connectivity index (χ0n) is 25.4. The van der Waals surface area contributed by atoms with Gasteiger partial charge in [-0.05, 0) is 49.9 Å². The van der Waals surface area contributed by atoms with Gasteiger partial charge in [-0.15, -0.1) is 0 Å². The molecule has 234 valence electrons. The highest BCUT2D eigenvalue weighted by molar-refractivity contribution is 6.25. The van der Waals surface area contributed by atoms with Crippen LogP contribution in [0.3, 0.4) is 0 Å². The number of likely N-dealkylation sites (N-methyl/N-ethyl adjacent to an activating group) is 1. The van der Waals surface area contributed by atoms with Crippen molar-refractivity contribution in [2.45, 2.75) is 51.8 Å². The molecule has 0 radical (unpaired) electrons. The number of nitrogens with one attached hydrogen (secondary N) is 1. The van der Waals surface area contributed by atoms with Crippen molar-refractivity contribution in [2.75, 3.05) is 39.7 Å². The molecule has 13 nitrogen and oxygen atoms in total. The van der Waals surface area contributed by atoms with E-state index in [1.807, 2.05) is 20.8 Å². The summed E-state index contributed by atoms with van der Waals surface area (Å²) in [6.07, 6.45) is -0.572. The van der Waals surface area contributed by atoms with Crippen LogP contribution in [0.1, 0.15) is 48.7 Å². The minimum absolute atomic E-state index is 0.0116. The smallest absolute Gasteiger partial charge is 0.407 e. The van der Waals surface area contributed by atoms with Crippen LogP contribution in [0, 0.1) is 17.3 Å². The van der Waals surface area contributed by atoms with Gasteiger partial charge in [-0.2, -0.15) is 0 Å². The minimum atomic E-state index is -2.72. The molecule has 1 aromatic rings. The Bertz CT molecular complexity index is 1470. The third kappa shape index (κ3) is 5.20. The minimum Gasteiger partial charge on any atom is -0.510 e. The van der Waals surface area contributed by atoms with E-state index in [1.165, 1.54) is 4.90 Å². The molecule has 0 aromatic heterocycles. The Hall–Kier alpha value is -4.10. The summed E-state index contributed by atoms with van der Waals surface area (Å²) in [4.78, 5) is 55.3. The van der Waals surface area contributed by atoms with E-state index in [2.05, 4.69) is 5.32 Å². The number of rotatable bonds is 6. The summed E-state index contributed by atoms with van der Waals surface area (Å²) in [7, 11) is 6.66. The summed E-state index contributed by atoms with van der Waals surface area (Å²) in [5.41, 5.74) is 2.43. The number of nitrogens with two attached hydrogens (primary N) is 1. The fourth-order valence-corrected chi connectivity index (χ4v) is 6.39. The van der Waals surface area contributed by atoms with Crippen LogP contribution in [0.4, 0.5) is 10.5 Å². The molecule has 1 aromatic carbocycles. The Morgan fingerprint density at radius 1 is 1.14 bits per heavy atom. The summed E-state index contributed by atoms with van der Waals surface area (Å²) in [5.74, 6) is -7.18. The molecule has 2 amide bonds. The number of carbonyl (C=O) groups is 4. The monoisotopic (exact) mass is 600 g/mol. The maximum Gasteiger partial charge on any atom is 0.407 e. The molecule has 0 saturated heterocycles.